The maximum Gasteiger partial charge on any atom is 0.416 e. The number of halogens is 4. The van der Waals surface area contributed by atoms with Gasteiger partial charge in [0, 0.05) is 5.56 Å². The molecule has 0 heterocycles. The molecular formula is C9H9ClF3N3O. The van der Waals surface area contributed by atoms with Crippen LogP contribution in [0.4, 0.5) is 13.2 Å². The summed E-state index contributed by atoms with van der Waals surface area (Å²) in [5.41, 5.74) is 3.75. The van der Waals surface area contributed by atoms with Crippen molar-refractivity contribution in [2.75, 3.05) is 0 Å². The molecule has 1 aromatic carbocycles. The molecular weight excluding hydrogens is 259 g/mol. The minimum Gasteiger partial charge on any atom is -0.370 e. The van der Waals surface area contributed by atoms with Gasteiger partial charge in [-0.15, -0.1) is 12.4 Å². The Morgan fingerprint density at radius 2 is 1.94 bits per heavy atom. The van der Waals surface area contributed by atoms with E-state index in [1.807, 2.05) is 5.32 Å². The maximum atomic E-state index is 12.3. The van der Waals surface area contributed by atoms with E-state index in [0.717, 1.165) is 12.1 Å². The van der Waals surface area contributed by atoms with E-state index in [-0.39, 0.29) is 18.0 Å². The minimum atomic E-state index is -4.51. The second kappa shape index (κ2) is 5.53. The molecule has 0 aliphatic heterocycles. The monoisotopic (exact) mass is 267 g/mol. The van der Waals surface area contributed by atoms with Gasteiger partial charge in [-0.25, -0.2) is 0 Å². The summed E-state index contributed by atoms with van der Waals surface area (Å²) in [4.78, 5) is 11.2. The molecule has 0 spiro atoms. The summed E-state index contributed by atoms with van der Waals surface area (Å²) < 4.78 is 36.9. The molecule has 0 saturated carbocycles. The van der Waals surface area contributed by atoms with Gasteiger partial charge >= 0.3 is 6.18 Å². The average molecular weight is 268 g/mol. The molecule has 0 aliphatic rings. The number of carbonyl (C=O) groups is 1. The number of guanidine groups is 1. The molecule has 0 atom stereocenters. The first kappa shape index (κ1) is 15.2. The fourth-order valence-corrected chi connectivity index (χ4v) is 1.03. The first-order valence-electron chi connectivity index (χ1n) is 4.13. The van der Waals surface area contributed by atoms with Crippen LogP contribution in [0.3, 0.4) is 0 Å². The third-order valence-corrected chi connectivity index (χ3v) is 1.70. The second-order valence-electron chi connectivity index (χ2n) is 2.95. The zero-order valence-electron chi connectivity index (χ0n) is 8.34. The van der Waals surface area contributed by atoms with E-state index in [1.54, 1.807) is 0 Å². The number of nitrogens with one attached hydrogen (secondary N) is 2. The molecule has 0 unspecified atom stereocenters. The first-order valence-corrected chi connectivity index (χ1v) is 4.13. The van der Waals surface area contributed by atoms with E-state index in [9.17, 15) is 18.0 Å². The fourth-order valence-electron chi connectivity index (χ4n) is 1.03. The molecule has 4 N–H and O–H groups in total. The number of nitrogens with two attached hydrogens (primary N) is 1. The highest BCUT2D eigenvalue weighted by Gasteiger charge is 2.30. The lowest BCUT2D eigenvalue weighted by atomic mass is 10.1. The molecule has 0 bridgehead atoms. The quantitative estimate of drug-likeness (QED) is 0.535. The lowest BCUT2D eigenvalue weighted by molar-refractivity contribution is -0.137. The molecule has 0 fully saturated rings. The number of benzene rings is 1. The largest absolute Gasteiger partial charge is 0.416 e. The minimum absolute atomic E-state index is 0. The molecule has 0 aliphatic carbocycles. The molecule has 1 amide bonds. The molecule has 0 saturated heterocycles. The van der Waals surface area contributed by atoms with Gasteiger partial charge in [-0.2, -0.15) is 13.2 Å². The van der Waals surface area contributed by atoms with Crippen LogP contribution in [-0.2, 0) is 6.18 Å². The maximum absolute atomic E-state index is 12.3. The Kier molecular flexibility index (Phi) is 4.96. The van der Waals surface area contributed by atoms with Crippen molar-refractivity contribution in [1.29, 1.82) is 5.41 Å². The summed E-state index contributed by atoms with van der Waals surface area (Å²) in [5, 5.41) is 8.67. The van der Waals surface area contributed by atoms with Crippen molar-refractivity contribution in [3.05, 3.63) is 35.4 Å². The predicted molar refractivity (Wildman–Crippen MR) is 58.1 cm³/mol. The Morgan fingerprint density at radius 3 is 2.41 bits per heavy atom. The Labute approximate surface area is 101 Å². The highest BCUT2D eigenvalue weighted by Crippen LogP contribution is 2.29. The van der Waals surface area contributed by atoms with E-state index >= 15 is 0 Å². The summed E-state index contributed by atoms with van der Waals surface area (Å²) in [7, 11) is 0. The van der Waals surface area contributed by atoms with Crippen LogP contribution < -0.4 is 11.1 Å². The number of hydrogen-bond acceptors (Lipinski definition) is 2. The fraction of sp³-hybridized carbons (Fsp3) is 0.111. The normalized spacial score (nSPS) is 10.3. The molecule has 8 heteroatoms. The van der Waals surface area contributed by atoms with Gasteiger partial charge in [-0.1, -0.05) is 6.07 Å². The highest BCUT2D eigenvalue weighted by atomic mass is 35.5. The SMILES string of the molecule is Cl.N=C(N)NC(=O)c1cccc(C(F)(F)F)c1. The lowest BCUT2D eigenvalue weighted by Gasteiger charge is -2.08. The zero-order valence-corrected chi connectivity index (χ0v) is 9.15. The van der Waals surface area contributed by atoms with E-state index in [1.165, 1.54) is 6.07 Å². The van der Waals surface area contributed by atoms with E-state index in [0.29, 0.717) is 6.07 Å². The van der Waals surface area contributed by atoms with Crippen LogP contribution in [0.15, 0.2) is 24.3 Å². The summed E-state index contributed by atoms with van der Waals surface area (Å²) in [6.45, 7) is 0. The Balaban J connectivity index is 0.00000256. The number of alkyl halides is 3. The number of amides is 1. The van der Waals surface area contributed by atoms with Crippen LogP contribution in [-0.4, -0.2) is 11.9 Å². The number of carbonyl (C=O) groups excluding carboxylic acids is 1. The van der Waals surface area contributed by atoms with Gasteiger partial charge in [0.05, 0.1) is 5.56 Å². The first-order chi connectivity index (χ1) is 7.30. The summed E-state index contributed by atoms with van der Waals surface area (Å²) >= 11 is 0. The molecule has 17 heavy (non-hydrogen) atoms. The molecule has 94 valence electrons. The van der Waals surface area contributed by atoms with Crippen LogP contribution in [0.25, 0.3) is 0 Å². The standard InChI is InChI=1S/C9H8F3N3O.ClH/c10-9(11,12)6-3-1-2-5(4-6)7(16)15-8(13)14;/h1-4H,(H4,13,14,15,16);1H. The van der Waals surface area contributed by atoms with Crippen molar-refractivity contribution < 1.29 is 18.0 Å². The smallest absolute Gasteiger partial charge is 0.370 e. The molecule has 0 aromatic heterocycles. The zero-order chi connectivity index (χ0) is 12.3. The molecule has 1 rings (SSSR count). The lowest BCUT2D eigenvalue weighted by Crippen LogP contribution is -2.35. The Bertz CT molecular complexity index is 434. The Morgan fingerprint density at radius 1 is 1.35 bits per heavy atom. The molecule has 1 aromatic rings. The van der Waals surface area contributed by atoms with E-state index < -0.39 is 23.6 Å². The molecule has 0 radical (unpaired) electrons. The third kappa shape index (κ3) is 4.31. The van der Waals surface area contributed by atoms with Crippen molar-refractivity contribution in [3.63, 3.8) is 0 Å². The Hall–Kier alpha value is -1.76. The van der Waals surface area contributed by atoms with E-state index in [2.05, 4.69) is 0 Å². The summed E-state index contributed by atoms with van der Waals surface area (Å²) in [6, 6.07) is 3.86. The van der Waals surface area contributed by atoms with Crippen molar-refractivity contribution in [3.8, 4) is 0 Å². The van der Waals surface area contributed by atoms with Crippen molar-refractivity contribution in [2.24, 2.45) is 5.73 Å². The van der Waals surface area contributed by atoms with Gasteiger partial charge in [0.1, 0.15) is 0 Å². The predicted octanol–water partition coefficient (Wildman–Crippen LogP) is 1.75. The third-order valence-electron chi connectivity index (χ3n) is 1.70. The van der Waals surface area contributed by atoms with Gasteiger partial charge in [0.2, 0.25) is 0 Å². The van der Waals surface area contributed by atoms with Crippen LogP contribution >= 0.6 is 12.4 Å². The summed E-state index contributed by atoms with van der Waals surface area (Å²) in [6.07, 6.45) is -4.51. The average Bonchev–Trinajstić information content (AvgIpc) is 2.15. The van der Waals surface area contributed by atoms with Gasteiger partial charge in [-0.3, -0.25) is 15.5 Å². The second-order valence-corrected chi connectivity index (χ2v) is 2.95. The van der Waals surface area contributed by atoms with Crippen molar-refractivity contribution in [2.45, 2.75) is 6.18 Å². The van der Waals surface area contributed by atoms with Crippen LogP contribution in [0, 0.1) is 5.41 Å². The molecule has 4 nitrogen and oxygen atoms in total. The van der Waals surface area contributed by atoms with Crippen molar-refractivity contribution >= 4 is 24.3 Å². The van der Waals surface area contributed by atoms with Crippen molar-refractivity contribution in [1.82, 2.24) is 5.32 Å². The van der Waals surface area contributed by atoms with Gasteiger partial charge in [0.15, 0.2) is 5.96 Å². The van der Waals surface area contributed by atoms with Gasteiger partial charge < -0.3 is 5.73 Å². The van der Waals surface area contributed by atoms with Crippen LogP contribution in [0.2, 0.25) is 0 Å². The number of rotatable bonds is 1. The highest BCUT2D eigenvalue weighted by molar-refractivity contribution is 6.04. The van der Waals surface area contributed by atoms with Gasteiger partial charge in [-0.05, 0) is 18.2 Å². The summed E-state index contributed by atoms with van der Waals surface area (Å²) in [5.74, 6) is -1.47. The topological polar surface area (TPSA) is 79.0 Å². The van der Waals surface area contributed by atoms with E-state index in [4.69, 9.17) is 11.1 Å². The van der Waals surface area contributed by atoms with Crippen LogP contribution in [0.5, 0.6) is 0 Å². The van der Waals surface area contributed by atoms with Gasteiger partial charge in [0.25, 0.3) is 5.91 Å². The number of hydrogen-bond donors (Lipinski definition) is 3. The van der Waals surface area contributed by atoms with Crippen LogP contribution in [0.1, 0.15) is 15.9 Å².